The van der Waals surface area contributed by atoms with E-state index in [1.165, 1.54) is 0 Å². The lowest BCUT2D eigenvalue weighted by Crippen LogP contribution is -2.50. The predicted molar refractivity (Wildman–Crippen MR) is 187 cm³/mol. The Hall–Kier alpha value is -4.08. The van der Waals surface area contributed by atoms with Crippen molar-refractivity contribution in [3.05, 3.63) is 35.4 Å². The van der Waals surface area contributed by atoms with Crippen molar-refractivity contribution in [2.45, 2.75) is 72.8 Å². The molecule has 51 heavy (non-hydrogen) atoms. The van der Waals surface area contributed by atoms with Gasteiger partial charge in [-0.05, 0) is 71.4 Å². The molecule has 0 aliphatic carbocycles. The van der Waals surface area contributed by atoms with E-state index in [4.69, 9.17) is 28.8 Å². The summed E-state index contributed by atoms with van der Waals surface area (Å²) in [6.45, 7) is 9.39. The first-order valence-electron chi connectivity index (χ1n) is 17.7. The minimum atomic E-state index is -0.858. The number of nitrogens with zero attached hydrogens (tertiary/aromatic N) is 3. The molecule has 0 spiro atoms. The zero-order chi connectivity index (χ0) is 38.0. The molecule has 15 nitrogen and oxygen atoms in total. The molecule has 1 atom stereocenters. The molecule has 288 valence electrons. The molecule has 0 fully saturated rings. The summed E-state index contributed by atoms with van der Waals surface area (Å²) < 4.78 is 26.0. The maximum atomic E-state index is 13.5. The molecule has 15 heteroatoms. The van der Waals surface area contributed by atoms with E-state index in [2.05, 4.69) is 0 Å². The fraction of sp³-hybridized carbons (Fsp3) is 0.667. The van der Waals surface area contributed by atoms with Crippen molar-refractivity contribution in [1.82, 2.24) is 14.7 Å². The Morgan fingerprint density at radius 2 is 0.941 bits per heavy atom. The number of aliphatic carboxylic acids is 1. The van der Waals surface area contributed by atoms with Crippen LogP contribution in [-0.4, -0.2) is 147 Å². The molecule has 1 unspecified atom stereocenters. The standard InChI is InChI=1S/C36H57N3O12/c1-6-47-32(42)24-37(25-33(43)48-7-2)20-22-39(23-21-38(26-34(44)49-8-3)27-35(45)50-9-4)30(36(46)51-10-5)13-11-12-28-14-16-29(17-15-28)18-19-31(40)41/h14-17,30H,6-13,18-27H2,1-5H3,(H,40,41). The van der Waals surface area contributed by atoms with E-state index in [1.807, 2.05) is 29.2 Å². The van der Waals surface area contributed by atoms with Gasteiger partial charge in [0.2, 0.25) is 0 Å². The van der Waals surface area contributed by atoms with E-state index in [1.54, 1.807) is 44.4 Å². The zero-order valence-electron chi connectivity index (χ0n) is 30.9. The number of carbonyl (C=O) groups excluding carboxylic acids is 5. The highest BCUT2D eigenvalue weighted by Crippen LogP contribution is 2.16. The summed E-state index contributed by atoms with van der Waals surface area (Å²) in [5.41, 5.74) is 1.94. The second-order valence-corrected chi connectivity index (χ2v) is 11.5. The first-order valence-corrected chi connectivity index (χ1v) is 17.7. The van der Waals surface area contributed by atoms with E-state index in [-0.39, 0.29) is 91.8 Å². The molecule has 1 aromatic carbocycles. The third-order valence-electron chi connectivity index (χ3n) is 7.63. The van der Waals surface area contributed by atoms with Crippen molar-refractivity contribution in [3.8, 4) is 0 Å². The number of rotatable bonds is 28. The lowest BCUT2D eigenvalue weighted by atomic mass is 10.0. The molecule has 1 aromatic rings. The molecule has 0 aliphatic rings. The summed E-state index contributed by atoms with van der Waals surface area (Å²) in [6, 6.07) is 6.95. The van der Waals surface area contributed by atoms with Gasteiger partial charge in [-0.1, -0.05) is 24.3 Å². The van der Waals surface area contributed by atoms with Crippen LogP contribution in [0.25, 0.3) is 0 Å². The van der Waals surface area contributed by atoms with Crippen molar-refractivity contribution < 1.29 is 57.6 Å². The number of esters is 5. The summed E-state index contributed by atoms with van der Waals surface area (Å²) in [6.07, 6.45) is 2.11. The lowest BCUT2D eigenvalue weighted by molar-refractivity contribution is -0.152. The lowest BCUT2D eigenvalue weighted by Gasteiger charge is -2.33. The largest absolute Gasteiger partial charge is 0.481 e. The highest BCUT2D eigenvalue weighted by molar-refractivity contribution is 5.76. The Morgan fingerprint density at radius 3 is 1.29 bits per heavy atom. The number of carbonyl (C=O) groups is 6. The molecular formula is C36H57N3O12. The van der Waals surface area contributed by atoms with Gasteiger partial charge in [0, 0.05) is 32.6 Å². The SMILES string of the molecule is CCOC(=O)CN(CCN(CCN(CC(=O)OCC)CC(=O)OCC)C(CCCc1ccc(CCC(=O)O)cc1)C(=O)OCC)CC(=O)OCC. The van der Waals surface area contributed by atoms with Gasteiger partial charge in [-0.25, -0.2) is 0 Å². The minimum Gasteiger partial charge on any atom is -0.481 e. The summed E-state index contributed by atoms with van der Waals surface area (Å²) in [5, 5.41) is 8.97. The van der Waals surface area contributed by atoms with E-state index in [0.717, 1.165) is 11.1 Å². The van der Waals surface area contributed by atoms with Crippen LogP contribution in [0.15, 0.2) is 24.3 Å². The number of benzene rings is 1. The second kappa shape index (κ2) is 26.7. The number of ether oxygens (including phenoxy) is 5. The molecule has 0 radical (unpaired) electrons. The topological polar surface area (TPSA) is 179 Å². The fourth-order valence-electron chi connectivity index (χ4n) is 5.26. The van der Waals surface area contributed by atoms with Crippen LogP contribution in [0.1, 0.15) is 65.0 Å². The van der Waals surface area contributed by atoms with Crippen LogP contribution in [0, 0.1) is 0 Å². The van der Waals surface area contributed by atoms with Crippen LogP contribution >= 0.6 is 0 Å². The average molecular weight is 724 g/mol. The van der Waals surface area contributed by atoms with Crippen LogP contribution in [0.4, 0.5) is 0 Å². The smallest absolute Gasteiger partial charge is 0.323 e. The maximum Gasteiger partial charge on any atom is 0.323 e. The summed E-state index contributed by atoms with van der Waals surface area (Å²) in [7, 11) is 0. The first-order chi connectivity index (χ1) is 24.4. The second-order valence-electron chi connectivity index (χ2n) is 11.5. The Bertz CT molecular complexity index is 1120. The molecule has 0 heterocycles. The van der Waals surface area contributed by atoms with Crippen LogP contribution < -0.4 is 0 Å². The van der Waals surface area contributed by atoms with Gasteiger partial charge < -0.3 is 28.8 Å². The quantitative estimate of drug-likeness (QED) is 0.0981. The molecule has 1 rings (SSSR count). The molecule has 0 aliphatic heterocycles. The van der Waals surface area contributed by atoms with E-state index < -0.39 is 41.9 Å². The minimum absolute atomic E-state index is 0.0460. The molecule has 0 saturated carbocycles. The van der Waals surface area contributed by atoms with Crippen molar-refractivity contribution in [2.75, 3.05) is 85.4 Å². The van der Waals surface area contributed by atoms with Crippen LogP contribution in [-0.2, 0) is 65.3 Å². The molecule has 0 amide bonds. The van der Waals surface area contributed by atoms with Gasteiger partial charge in [0.25, 0.3) is 0 Å². The van der Waals surface area contributed by atoms with Gasteiger partial charge in [-0.15, -0.1) is 0 Å². The van der Waals surface area contributed by atoms with Gasteiger partial charge in [0.05, 0.1) is 59.2 Å². The summed E-state index contributed by atoms with van der Waals surface area (Å²) in [5.74, 6) is -3.37. The predicted octanol–water partition coefficient (Wildman–Crippen LogP) is 2.12. The molecular weight excluding hydrogens is 666 g/mol. The van der Waals surface area contributed by atoms with Gasteiger partial charge in [-0.2, -0.15) is 0 Å². The monoisotopic (exact) mass is 723 g/mol. The number of carboxylic acid groups (broad SMARTS) is 1. The Morgan fingerprint density at radius 1 is 0.569 bits per heavy atom. The Balaban J connectivity index is 3.32. The first kappa shape index (κ1) is 44.9. The summed E-state index contributed by atoms with van der Waals surface area (Å²) >= 11 is 0. The molecule has 1 N–H and O–H groups in total. The van der Waals surface area contributed by atoms with Crippen LogP contribution in [0.3, 0.4) is 0 Å². The van der Waals surface area contributed by atoms with E-state index in [0.29, 0.717) is 25.7 Å². The highest BCUT2D eigenvalue weighted by Gasteiger charge is 2.29. The number of carboxylic acids is 1. The number of hydrogen-bond acceptors (Lipinski definition) is 14. The highest BCUT2D eigenvalue weighted by atomic mass is 16.5. The van der Waals surface area contributed by atoms with Crippen molar-refractivity contribution >= 4 is 35.8 Å². The van der Waals surface area contributed by atoms with Gasteiger partial charge in [0.15, 0.2) is 0 Å². The maximum absolute atomic E-state index is 13.5. The van der Waals surface area contributed by atoms with Gasteiger partial charge in [0.1, 0.15) is 6.04 Å². The zero-order valence-corrected chi connectivity index (χ0v) is 30.9. The summed E-state index contributed by atoms with van der Waals surface area (Å²) in [4.78, 5) is 79.2. The average Bonchev–Trinajstić information content (AvgIpc) is 3.07. The third-order valence-corrected chi connectivity index (χ3v) is 7.63. The van der Waals surface area contributed by atoms with E-state index >= 15 is 0 Å². The van der Waals surface area contributed by atoms with Crippen molar-refractivity contribution in [1.29, 1.82) is 0 Å². The van der Waals surface area contributed by atoms with Crippen LogP contribution in [0.2, 0.25) is 0 Å². The Kier molecular flexibility index (Phi) is 23.5. The number of aryl methyl sites for hydroxylation is 2. The van der Waals surface area contributed by atoms with Crippen molar-refractivity contribution in [2.24, 2.45) is 0 Å². The molecule has 0 aromatic heterocycles. The van der Waals surface area contributed by atoms with Gasteiger partial charge >= 0.3 is 35.8 Å². The van der Waals surface area contributed by atoms with Crippen molar-refractivity contribution in [3.63, 3.8) is 0 Å². The normalized spacial score (nSPS) is 11.7. The van der Waals surface area contributed by atoms with Gasteiger partial charge in [-0.3, -0.25) is 43.5 Å². The fourth-order valence-corrected chi connectivity index (χ4v) is 5.26. The number of hydrogen-bond donors (Lipinski definition) is 1. The van der Waals surface area contributed by atoms with E-state index in [9.17, 15) is 28.8 Å². The molecule has 0 bridgehead atoms. The van der Waals surface area contributed by atoms with Crippen LogP contribution in [0.5, 0.6) is 0 Å². The Labute approximate surface area is 301 Å². The molecule has 0 saturated heterocycles. The third kappa shape index (κ3) is 20.4.